The predicted octanol–water partition coefficient (Wildman–Crippen LogP) is 1.28. The van der Waals surface area contributed by atoms with Crippen LogP contribution in [0.2, 0.25) is 0 Å². The molecule has 0 unspecified atom stereocenters. The second-order valence-electron chi connectivity index (χ2n) is 6.85. The molecule has 1 saturated heterocycles. The lowest BCUT2D eigenvalue weighted by molar-refractivity contribution is -0.126. The van der Waals surface area contributed by atoms with Gasteiger partial charge in [0.05, 0.1) is 18.7 Å². The van der Waals surface area contributed by atoms with Gasteiger partial charge < -0.3 is 14.8 Å². The van der Waals surface area contributed by atoms with Crippen LogP contribution in [0.3, 0.4) is 0 Å². The Bertz CT molecular complexity index is 797. The molecule has 3 heterocycles. The number of aliphatic imine (C=N–C) groups is 1. The third-order valence-electron chi connectivity index (χ3n) is 4.85. The Balaban J connectivity index is 1.70. The maximum Gasteiger partial charge on any atom is 0.220 e. The summed E-state index contributed by atoms with van der Waals surface area (Å²) in [5.74, 6) is 1.25. The normalized spacial score (nSPS) is 26.8. The van der Waals surface area contributed by atoms with Crippen LogP contribution in [0.1, 0.15) is 31.7 Å². The van der Waals surface area contributed by atoms with Crippen molar-refractivity contribution in [2.24, 2.45) is 10.9 Å². The van der Waals surface area contributed by atoms with Gasteiger partial charge in [-0.2, -0.15) is 0 Å². The number of nitrogens with one attached hydrogen (secondary N) is 1. The molecule has 0 radical (unpaired) electrons. The second-order valence-corrected chi connectivity index (χ2v) is 6.85. The van der Waals surface area contributed by atoms with Crippen molar-refractivity contribution in [1.82, 2.24) is 29.7 Å². The molecule has 2 aromatic heterocycles. The first kappa shape index (κ1) is 15.0. The summed E-state index contributed by atoms with van der Waals surface area (Å²) in [4.78, 5) is 31.2. The van der Waals surface area contributed by atoms with Crippen LogP contribution < -0.4 is 5.32 Å². The number of amides is 1. The average molecular weight is 327 g/mol. The van der Waals surface area contributed by atoms with Gasteiger partial charge in [-0.3, -0.25) is 4.79 Å². The van der Waals surface area contributed by atoms with Crippen LogP contribution in [0, 0.1) is 5.92 Å². The van der Waals surface area contributed by atoms with Crippen molar-refractivity contribution >= 4 is 29.2 Å². The van der Waals surface area contributed by atoms with Crippen molar-refractivity contribution in [1.29, 1.82) is 0 Å². The molecule has 1 amide bonds. The van der Waals surface area contributed by atoms with Gasteiger partial charge in [-0.15, -0.1) is 0 Å². The van der Waals surface area contributed by atoms with Crippen LogP contribution in [0.4, 0.5) is 5.82 Å². The van der Waals surface area contributed by atoms with Crippen LogP contribution in [0.25, 0.3) is 11.2 Å². The molecule has 4 rings (SSSR count). The van der Waals surface area contributed by atoms with Crippen molar-refractivity contribution in [2.75, 3.05) is 14.1 Å². The molecule has 1 N–H and O–H groups in total. The van der Waals surface area contributed by atoms with E-state index in [1.165, 1.54) is 6.33 Å². The first-order valence-electron chi connectivity index (χ1n) is 8.29. The van der Waals surface area contributed by atoms with Crippen molar-refractivity contribution in [2.45, 2.75) is 37.8 Å². The fraction of sp³-hybridized carbons (Fsp3) is 0.562. The number of hydrogen-bond donors (Lipinski definition) is 1. The fourth-order valence-corrected chi connectivity index (χ4v) is 3.79. The minimum Gasteiger partial charge on any atom is -0.369 e. The maximum atomic E-state index is 11.9. The molecule has 1 saturated carbocycles. The highest BCUT2D eigenvalue weighted by molar-refractivity contribution is 5.83. The smallest absolute Gasteiger partial charge is 0.220 e. The first-order chi connectivity index (χ1) is 11.6. The molecule has 3 atom stereocenters. The Morgan fingerprint density at radius 1 is 1.33 bits per heavy atom. The summed E-state index contributed by atoms with van der Waals surface area (Å²) in [5, 5.41) is 3.14. The highest BCUT2D eigenvalue weighted by Crippen LogP contribution is 2.38. The third kappa shape index (κ3) is 2.61. The largest absolute Gasteiger partial charge is 0.369 e. The van der Waals surface area contributed by atoms with Crippen LogP contribution in [0.5, 0.6) is 0 Å². The SMILES string of the molecule is CN(C)C=Nc1ncnc2c1ncn2[C@@H]1CC[C@H]2CC(=O)N[C@H]1C2. The number of carbonyl (C=O) groups excluding carboxylic acids is 1. The summed E-state index contributed by atoms with van der Waals surface area (Å²) in [6.45, 7) is 0. The molecule has 1 aliphatic carbocycles. The van der Waals surface area contributed by atoms with Crippen LogP contribution in [-0.2, 0) is 4.79 Å². The zero-order chi connectivity index (χ0) is 16.7. The van der Waals surface area contributed by atoms with Crippen LogP contribution in [0.15, 0.2) is 17.6 Å². The minimum atomic E-state index is 0.158. The number of hydrogen-bond acceptors (Lipinski definition) is 5. The zero-order valence-electron chi connectivity index (χ0n) is 13.9. The summed E-state index contributed by atoms with van der Waals surface area (Å²) >= 11 is 0. The number of carbonyl (C=O) groups is 1. The summed E-state index contributed by atoms with van der Waals surface area (Å²) < 4.78 is 2.08. The number of piperidine rings is 1. The predicted molar refractivity (Wildman–Crippen MR) is 90.1 cm³/mol. The van der Waals surface area contributed by atoms with Gasteiger partial charge in [-0.05, 0) is 25.2 Å². The van der Waals surface area contributed by atoms with Gasteiger partial charge >= 0.3 is 0 Å². The Morgan fingerprint density at radius 2 is 2.21 bits per heavy atom. The van der Waals surface area contributed by atoms with Gasteiger partial charge in [-0.1, -0.05) is 0 Å². The van der Waals surface area contributed by atoms with E-state index >= 15 is 0 Å². The van der Waals surface area contributed by atoms with E-state index in [0.717, 1.165) is 24.9 Å². The third-order valence-corrected chi connectivity index (χ3v) is 4.85. The molecule has 8 nitrogen and oxygen atoms in total. The molecule has 2 aromatic rings. The number of rotatable bonds is 3. The number of fused-ring (bicyclic) bond motifs is 3. The van der Waals surface area contributed by atoms with E-state index < -0.39 is 0 Å². The Kier molecular flexibility index (Phi) is 3.66. The van der Waals surface area contributed by atoms with E-state index in [4.69, 9.17) is 0 Å². The topological polar surface area (TPSA) is 88.3 Å². The van der Waals surface area contributed by atoms with Crippen LogP contribution in [-0.4, -0.2) is 56.8 Å². The summed E-state index contributed by atoms with van der Waals surface area (Å²) in [5.41, 5.74) is 1.47. The van der Waals surface area contributed by atoms with Crippen molar-refractivity contribution in [3.63, 3.8) is 0 Å². The Labute approximate surface area is 140 Å². The monoisotopic (exact) mass is 327 g/mol. The van der Waals surface area contributed by atoms with Gasteiger partial charge in [0.1, 0.15) is 6.33 Å². The van der Waals surface area contributed by atoms with Gasteiger partial charge in [0.15, 0.2) is 17.0 Å². The fourth-order valence-electron chi connectivity index (χ4n) is 3.79. The lowest BCUT2D eigenvalue weighted by Gasteiger charge is -2.40. The zero-order valence-corrected chi connectivity index (χ0v) is 13.9. The molecule has 2 fully saturated rings. The van der Waals surface area contributed by atoms with Crippen LogP contribution >= 0.6 is 0 Å². The van der Waals surface area contributed by atoms with Gasteiger partial charge in [0.2, 0.25) is 5.91 Å². The quantitative estimate of drug-likeness (QED) is 0.677. The molecular weight excluding hydrogens is 306 g/mol. The Morgan fingerprint density at radius 3 is 3.04 bits per heavy atom. The molecule has 2 bridgehead atoms. The Hall–Kier alpha value is -2.51. The van der Waals surface area contributed by atoms with E-state index in [-0.39, 0.29) is 18.0 Å². The molecule has 1 aliphatic heterocycles. The summed E-state index contributed by atoms with van der Waals surface area (Å²) in [7, 11) is 3.81. The van der Waals surface area contributed by atoms with E-state index in [1.807, 2.05) is 19.0 Å². The van der Waals surface area contributed by atoms with Crippen molar-refractivity contribution in [3.8, 4) is 0 Å². The van der Waals surface area contributed by atoms with E-state index in [1.54, 1.807) is 12.7 Å². The standard InChI is InChI=1S/C16H21N7O/c1-22(2)8-20-15-14-16(18-7-17-15)23(9-19-14)12-4-3-10-5-11(12)21-13(24)6-10/h7-12H,3-6H2,1-2H3,(H,21,24)/t10-,11+,12-/m1/s1. The van der Waals surface area contributed by atoms with E-state index in [0.29, 0.717) is 23.7 Å². The lowest BCUT2D eigenvalue weighted by atomic mass is 9.77. The molecular formula is C16H21N7O. The van der Waals surface area contributed by atoms with Gasteiger partial charge in [0.25, 0.3) is 0 Å². The highest BCUT2D eigenvalue weighted by atomic mass is 16.1. The molecule has 126 valence electrons. The van der Waals surface area contributed by atoms with Gasteiger partial charge in [-0.25, -0.2) is 19.9 Å². The van der Waals surface area contributed by atoms with E-state index in [2.05, 4.69) is 29.8 Å². The van der Waals surface area contributed by atoms with Gasteiger partial charge in [0, 0.05) is 26.6 Å². The molecule has 24 heavy (non-hydrogen) atoms. The van der Waals surface area contributed by atoms with Crippen molar-refractivity contribution in [3.05, 3.63) is 12.7 Å². The molecule has 0 aromatic carbocycles. The average Bonchev–Trinajstić information content (AvgIpc) is 2.97. The number of nitrogens with zero attached hydrogens (tertiary/aromatic N) is 6. The van der Waals surface area contributed by atoms with Crippen molar-refractivity contribution < 1.29 is 4.79 Å². The highest BCUT2D eigenvalue weighted by Gasteiger charge is 2.38. The first-order valence-corrected chi connectivity index (χ1v) is 8.29. The summed E-state index contributed by atoms with van der Waals surface area (Å²) in [6.07, 6.45) is 8.83. The molecule has 8 heteroatoms. The van der Waals surface area contributed by atoms with E-state index in [9.17, 15) is 4.79 Å². The maximum absolute atomic E-state index is 11.9. The lowest BCUT2D eigenvalue weighted by Crippen LogP contribution is -2.49. The minimum absolute atomic E-state index is 0.158. The number of imidazole rings is 1. The summed E-state index contributed by atoms with van der Waals surface area (Å²) in [6, 6.07) is 0.349. The molecule has 2 aliphatic rings. The molecule has 0 spiro atoms. The number of aromatic nitrogens is 4. The second kappa shape index (κ2) is 5.85.